The summed E-state index contributed by atoms with van der Waals surface area (Å²) in [5.74, 6) is 1.01. The predicted molar refractivity (Wildman–Crippen MR) is 108 cm³/mol. The van der Waals surface area contributed by atoms with Crippen LogP contribution < -0.4 is 10.2 Å². The highest BCUT2D eigenvalue weighted by Crippen LogP contribution is 2.36. The lowest BCUT2D eigenvalue weighted by atomic mass is 9.92. The lowest BCUT2D eigenvalue weighted by Gasteiger charge is -2.39. The summed E-state index contributed by atoms with van der Waals surface area (Å²) in [5.41, 5.74) is 2.68. The largest absolute Gasteiger partial charge is 0.368 e. The highest BCUT2D eigenvalue weighted by molar-refractivity contribution is 5.96. The highest BCUT2D eigenvalue weighted by Gasteiger charge is 2.36. The zero-order valence-corrected chi connectivity index (χ0v) is 16.5. The van der Waals surface area contributed by atoms with Crippen LogP contribution in [0.1, 0.15) is 26.8 Å². The molecule has 1 amide bonds. The molecule has 0 saturated carbocycles. The molecule has 28 heavy (non-hydrogen) atoms. The average Bonchev–Trinajstić information content (AvgIpc) is 3.14. The van der Waals surface area contributed by atoms with Gasteiger partial charge in [0, 0.05) is 43.6 Å². The molecular formula is C21H26FN5O. The number of carbonyl (C=O) groups is 1. The van der Waals surface area contributed by atoms with Gasteiger partial charge in [0.25, 0.3) is 5.91 Å². The van der Waals surface area contributed by atoms with Crippen LogP contribution in [0, 0.1) is 11.7 Å². The molecule has 1 atom stereocenters. The van der Waals surface area contributed by atoms with Gasteiger partial charge < -0.3 is 15.1 Å². The van der Waals surface area contributed by atoms with E-state index in [1.807, 2.05) is 22.6 Å². The van der Waals surface area contributed by atoms with Crippen molar-refractivity contribution < 1.29 is 9.18 Å². The van der Waals surface area contributed by atoms with Gasteiger partial charge in [-0.1, -0.05) is 13.8 Å². The van der Waals surface area contributed by atoms with Crippen molar-refractivity contribution in [3.05, 3.63) is 53.6 Å². The molecule has 3 heterocycles. The molecule has 2 aromatic rings. The molecule has 1 aromatic carbocycles. The molecule has 148 valence electrons. The first-order valence-corrected chi connectivity index (χ1v) is 9.77. The van der Waals surface area contributed by atoms with Crippen LogP contribution in [-0.4, -0.2) is 46.8 Å². The van der Waals surface area contributed by atoms with E-state index in [2.05, 4.69) is 29.2 Å². The highest BCUT2D eigenvalue weighted by atomic mass is 19.1. The van der Waals surface area contributed by atoms with Crippen molar-refractivity contribution in [2.24, 2.45) is 5.92 Å². The van der Waals surface area contributed by atoms with E-state index in [-0.39, 0.29) is 23.7 Å². The van der Waals surface area contributed by atoms with Crippen molar-refractivity contribution in [3.63, 3.8) is 0 Å². The Balaban J connectivity index is 1.51. The summed E-state index contributed by atoms with van der Waals surface area (Å²) in [5, 5.41) is 7.76. The monoisotopic (exact) mass is 383 g/mol. The number of anilines is 2. The molecule has 0 radical (unpaired) electrons. The van der Waals surface area contributed by atoms with Gasteiger partial charge in [0.05, 0.1) is 17.8 Å². The molecule has 6 nitrogen and oxygen atoms in total. The molecule has 4 rings (SSSR count). The fourth-order valence-corrected chi connectivity index (χ4v) is 4.13. The number of allylic oxidation sites excluding steroid dienone is 1. The molecule has 0 spiro atoms. The standard InChI is InChI=1S/C21H26FN5O/c1-14(2)20-19(15(3)24-18-8-9-23-27(18)20)21(28)26-12-10-25(11-13-26)17-6-4-16(22)5-7-17/h4-9,14,20,24H,10-13H2,1-3H3. The zero-order chi connectivity index (χ0) is 19.8. The lowest BCUT2D eigenvalue weighted by Crippen LogP contribution is -2.50. The summed E-state index contributed by atoms with van der Waals surface area (Å²) in [6, 6.07) is 8.39. The normalized spacial score (nSPS) is 19.7. The second-order valence-electron chi connectivity index (χ2n) is 7.77. The fraction of sp³-hybridized carbons (Fsp3) is 0.429. The Morgan fingerprint density at radius 3 is 2.46 bits per heavy atom. The van der Waals surface area contributed by atoms with E-state index < -0.39 is 0 Å². The summed E-state index contributed by atoms with van der Waals surface area (Å²) in [7, 11) is 0. The Labute approximate surface area is 164 Å². The van der Waals surface area contributed by atoms with Crippen LogP contribution in [0.25, 0.3) is 0 Å². The van der Waals surface area contributed by atoms with E-state index in [1.165, 1.54) is 12.1 Å². The van der Waals surface area contributed by atoms with Gasteiger partial charge in [-0.15, -0.1) is 0 Å². The van der Waals surface area contributed by atoms with Gasteiger partial charge in [0.15, 0.2) is 0 Å². The summed E-state index contributed by atoms with van der Waals surface area (Å²) >= 11 is 0. The van der Waals surface area contributed by atoms with Crippen LogP contribution in [0.4, 0.5) is 15.9 Å². The number of fused-ring (bicyclic) bond motifs is 1. The number of aromatic nitrogens is 2. The minimum atomic E-state index is -0.234. The summed E-state index contributed by atoms with van der Waals surface area (Å²) in [6.07, 6.45) is 1.76. The first-order chi connectivity index (χ1) is 13.5. The van der Waals surface area contributed by atoms with Gasteiger partial charge in [0.1, 0.15) is 11.6 Å². The Morgan fingerprint density at radius 2 is 1.82 bits per heavy atom. The first kappa shape index (κ1) is 18.5. The minimum absolute atomic E-state index is 0.0728. The maximum atomic E-state index is 13.4. The number of rotatable bonds is 3. The van der Waals surface area contributed by atoms with Gasteiger partial charge in [-0.3, -0.25) is 4.79 Å². The van der Waals surface area contributed by atoms with E-state index >= 15 is 0 Å². The maximum Gasteiger partial charge on any atom is 0.253 e. The van der Waals surface area contributed by atoms with E-state index in [0.29, 0.717) is 13.1 Å². The number of benzene rings is 1. The number of hydrogen-bond acceptors (Lipinski definition) is 4. The summed E-state index contributed by atoms with van der Waals surface area (Å²) in [4.78, 5) is 17.5. The molecule has 0 bridgehead atoms. The molecule has 1 aromatic heterocycles. The van der Waals surface area contributed by atoms with Crippen LogP contribution >= 0.6 is 0 Å². The second kappa shape index (κ2) is 7.30. The third-order valence-electron chi connectivity index (χ3n) is 5.57. The van der Waals surface area contributed by atoms with Crippen LogP contribution in [0.3, 0.4) is 0 Å². The molecule has 2 aliphatic rings. The van der Waals surface area contributed by atoms with Gasteiger partial charge in [-0.2, -0.15) is 5.10 Å². The third-order valence-corrected chi connectivity index (χ3v) is 5.57. The summed E-state index contributed by atoms with van der Waals surface area (Å²) in [6.45, 7) is 8.96. The second-order valence-corrected chi connectivity index (χ2v) is 7.77. The van der Waals surface area contributed by atoms with Crippen molar-refractivity contribution >= 4 is 17.4 Å². The molecule has 0 aliphatic carbocycles. The summed E-state index contributed by atoms with van der Waals surface area (Å²) < 4.78 is 15.1. The lowest BCUT2D eigenvalue weighted by molar-refractivity contribution is -0.128. The first-order valence-electron chi connectivity index (χ1n) is 9.77. The molecular weight excluding hydrogens is 357 g/mol. The van der Waals surface area contributed by atoms with Crippen molar-refractivity contribution in [2.45, 2.75) is 26.8 Å². The van der Waals surface area contributed by atoms with E-state index in [0.717, 1.165) is 35.9 Å². The Hall–Kier alpha value is -2.83. The third kappa shape index (κ3) is 3.25. The molecule has 1 fully saturated rings. The van der Waals surface area contributed by atoms with Gasteiger partial charge in [0.2, 0.25) is 0 Å². The van der Waals surface area contributed by atoms with Crippen LogP contribution in [0.15, 0.2) is 47.8 Å². The number of hydrogen-bond donors (Lipinski definition) is 1. The zero-order valence-electron chi connectivity index (χ0n) is 16.5. The van der Waals surface area contributed by atoms with Crippen molar-refractivity contribution in [1.82, 2.24) is 14.7 Å². The van der Waals surface area contributed by atoms with Gasteiger partial charge >= 0.3 is 0 Å². The van der Waals surface area contributed by atoms with Crippen molar-refractivity contribution in [3.8, 4) is 0 Å². The molecule has 1 N–H and O–H groups in total. The number of nitrogens with one attached hydrogen (secondary N) is 1. The SMILES string of the molecule is CC1=C(C(=O)N2CCN(c3ccc(F)cc3)CC2)C(C(C)C)n2nccc2N1. The predicted octanol–water partition coefficient (Wildman–Crippen LogP) is 3.27. The average molecular weight is 383 g/mol. The molecule has 2 aliphatic heterocycles. The van der Waals surface area contributed by atoms with E-state index in [1.54, 1.807) is 18.3 Å². The van der Waals surface area contributed by atoms with Crippen LogP contribution in [0.5, 0.6) is 0 Å². The van der Waals surface area contributed by atoms with Crippen LogP contribution in [-0.2, 0) is 4.79 Å². The topological polar surface area (TPSA) is 53.4 Å². The Morgan fingerprint density at radius 1 is 1.14 bits per heavy atom. The van der Waals surface area contributed by atoms with Gasteiger partial charge in [-0.05, 0) is 37.1 Å². The molecule has 1 unspecified atom stereocenters. The number of piperazine rings is 1. The van der Waals surface area contributed by atoms with Crippen molar-refractivity contribution in [2.75, 3.05) is 36.4 Å². The number of halogens is 1. The number of carbonyl (C=O) groups excluding carboxylic acids is 1. The Kier molecular flexibility index (Phi) is 4.83. The minimum Gasteiger partial charge on any atom is -0.368 e. The number of amides is 1. The van der Waals surface area contributed by atoms with E-state index in [4.69, 9.17) is 0 Å². The quantitative estimate of drug-likeness (QED) is 0.884. The van der Waals surface area contributed by atoms with E-state index in [9.17, 15) is 9.18 Å². The smallest absolute Gasteiger partial charge is 0.253 e. The van der Waals surface area contributed by atoms with Crippen LogP contribution in [0.2, 0.25) is 0 Å². The number of nitrogens with zero attached hydrogens (tertiary/aromatic N) is 4. The molecule has 7 heteroatoms. The fourth-order valence-electron chi connectivity index (χ4n) is 4.13. The maximum absolute atomic E-state index is 13.4. The van der Waals surface area contributed by atoms with Crippen molar-refractivity contribution in [1.29, 1.82) is 0 Å². The Bertz CT molecular complexity index is 894. The van der Waals surface area contributed by atoms with Gasteiger partial charge in [-0.25, -0.2) is 9.07 Å². The molecule has 1 saturated heterocycles.